The number of ether oxygens (including phenoxy) is 2. The molecule has 2 aromatic rings. The molecule has 0 atom stereocenters. The summed E-state index contributed by atoms with van der Waals surface area (Å²) in [6.45, 7) is 13.0. The Morgan fingerprint density at radius 3 is 2.07 bits per heavy atom. The van der Waals surface area contributed by atoms with Gasteiger partial charge in [0.05, 0.1) is 18.7 Å². The second kappa shape index (κ2) is 8.25. The van der Waals surface area contributed by atoms with Crippen molar-refractivity contribution in [2.24, 2.45) is 10.8 Å². The second-order valence-electron chi connectivity index (χ2n) is 9.55. The van der Waals surface area contributed by atoms with Crippen molar-refractivity contribution in [1.29, 1.82) is 0 Å². The largest absolute Gasteiger partial charge is 0.461 e. The lowest BCUT2D eigenvalue weighted by molar-refractivity contribution is 0.0450. The first-order valence-electron chi connectivity index (χ1n) is 9.63. The minimum absolute atomic E-state index is 0.0399. The summed E-state index contributed by atoms with van der Waals surface area (Å²) in [4.78, 5) is 25.4. The number of carbonyl (C=O) groups is 2. The van der Waals surface area contributed by atoms with E-state index in [2.05, 4.69) is 41.5 Å². The summed E-state index contributed by atoms with van der Waals surface area (Å²) in [5.41, 5.74) is 7.15. The molecule has 0 amide bonds. The van der Waals surface area contributed by atoms with Gasteiger partial charge < -0.3 is 15.2 Å². The molecular formula is C22H32N2O4. The van der Waals surface area contributed by atoms with Gasteiger partial charge >= 0.3 is 12.1 Å². The second-order valence-corrected chi connectivity index (χ2v) is 9.55. The van der Waals surface area contributed by atoms with Crippen molar-refractivity contribution in [1.82, 2.24) is 4.57 Å². The van der Waals surface area contributed by atoms with Gasteiger partial charge in [0.2, 0.25) is 0 Å². The molecule has 0 saturated carbocycles. The minimum atomic E-state index is -0.604. The number of nitrogen functional groups attached to an aromatic ring is 1. The van der Waals surface area contributed by atoms with Crippen molar-refractivity contribution in [2.75, 3.05) is 18.9 Å². The van der Waals surface area contributed by atoms with E-state index in [-0.39, 0.29) is 29.7 Å². The average Bonchev–Trinajstić information content (AvgIpc) is 2.90. The first-order chi connectivity index (χ1) is 12.9. The Morgan fingerprint density at radius 1 is 0.929 bits per heavy atom. The van der Waals surface area contributed by atoms with Crippen LogP contribution in [0.15, 0.2) is 24.3 Å². The fraction of sp³-hybridized carbons (Fsp3) is 0.545. The third kappa shape index (κ3) is 6.01. The third-order valence-electron chi connectivity index (χ3n) is 4.38. The van der Waals surface area contributed by atoms with E-state index in [1.54, 1.807) is 24.3 Å². The minimum Gasteiger partial charge on any atom is -0.461 e. The van der Waals surface area contributed by atoms with Gasteiger partial charge in [-0.3, -0.25) is 0 Å². The molecule has 0 saturated heterocycles. The van der Waals surface area contributed by atoms with E-state index < -0.39 is 12.1 Å². The maximum absolute atomic E-state index is 12.8. The Hall–Kier alpha value is -2.50. The van der Waals surface area contributed by atoms with Gasteiger partial charge in [0.25, 0.3) is 0 Å². The van der Waals surface area contributed by atoms with Crippen LogP contribution in [-0.4, -0.2) is 29.8 Å². The summed E-state index contributed by atoms with van der Waals surface area (Å²) < 4.78 is 12.1. The van der Waals surface area contributed by atoms with Gasteiger partial charge in [0, 0.05) is 11.1 Å². The third-order valence-corrected chi connectivity index (χ3v) is 4.38. The van der Waals surface area contributed by atoms with Crippen LogP contribution >= 0.6 is 0 Å². The normalized spacial score (nSPS) is 12.2. The Morgan fingerprint density at radius 2 is 1.50 bits per heavy atom. The number of benzene rings is 1. The van der Waals surface area contributed by atoms with Crippen LogP contribution in [0.4, 0.5) is 10.5 Å². The van der Waals surface area contributed by atoms with Gasteiger partial charge in [0.15, 0.2) is 0 Å². The molecule has 1 aromatic carbocycles. The number of carbonyl (C=O) groups excluding carboxylic acids is 2. The lowest BCUT2D eigenvalue weighted by atomic mass is 9.93. The van der Waals surface area contributed by atoms with Gasteiger partial charge in [0.1, 0.15) is 5.69 Å². The molecule has 2 N–H and O–H groups in total. The predicted molar refractivity (Wildman–Crippen MR) is 112 cm³/mol. The average molecular weight is 389 g/mol. The Balaban J connectivity index is 2.28. The highest BCUT2D eigenvalue weighted by atomic mass is 16.6. The number of fused-ring (bicyclic) bond motifs is 1. The summed E-state index contributed by atoms with van der Waals surface area (Å²) in [7, 11) is 0. The molecule has 0 aliphatic heterocycles. The van der Waals surface area contributed by atoms with Gasteiger partial charge in [-0.1, -0.05) is 47.6 Å². The molecule has 6 heteroatoms. The SMILES string of the molecule is CC(C)(C)CCOC(=O)c1cc2ccc(N)cc2n1C(=O)OCCC(C)(C)C. The summed E-state index contributed by atoms with van der Waals surface area (Å²) >= 11 is 0. The monoisotopic (exact) mass is 388 g/mol. The molecule has 0 fully saturated rings. The van der Waals surface area contributed by atoms with Crippen LogP contribution in [0.5, 0.6) is 0 Å². The number of nitrogens with zero attached hydrogens (tertiary/aromatic N) is 1. The zero-order valence-corrected chi connectivity index (χ0v) is 17.8. The van der Waals surface area contributed by atoms with E-state index in [0.29, 0.717) is 17.6 Å². The molecule has 6 nitrogen and oxygen atoms in total. The zero-order valence-electron chi connectivity index (χ0n) is 17.8. The van der Waals surface area contributed by atoms with Crippen molar-refractivity contribution < 1.29 is 19.1 Å². The van der Waals surface area contributed by atoms with Gasteiger partial charge in [-0.05, 0) is 41.9 Å². The summed E-state index contributed by atoms with van der Waals surface area (Å²) in [6, 6.07) is 6.80. The van der Waals surface area contributed by atoms with E-state index in [1.165, 1.54) is 4.57 Å². The highest BCUT2D eigenvalue weighted by molar-refractivity contribution is 6.02. The van der Waals surface area contributed by atoms with Crippen LogP contribution < -0.4 is 5.73 Å². The maximum Gasteiger partial charge on any atom is 0.419 e. The topological polar surface area (TPSA) is 83.5 Å². The molecule has 0 aliphatic rings. The van der Waals surface area contributed by atoms with E-state index in [4.69, 9.17) is 15.2 Å². The molecule has 0 aliphatic carbocycles. The number of nitrogens with two attached hydrogens (primary N) is 1. The van der Waals surface area contributed by atoms with Gasteiger partial charge in [-0.25, -0.2) is 14.2 Å². The molecule has 0 radical (unpaired) electrons. The summed E-state index contributed by atoms with van der Waals surface area (Å²) in [6.07, 6.45) is 0.834. The molecule has 28 heavy (non-hydrogen) atoms. The number of hydrogen-bond donors (Lipinski definition) is 1. The highest BCUT2D eigenvalue weighted by Crippen LogP contribution is 2.25. The van der Waals surface area contributed by atoms with Crippen LogP contribution in [0.3, 0.4) is 0 Å². The highest BCUT2D eigenvalue weighted by Gasteiger charge is 2.24. The standard InChI is InChI=1S/C22H32N2O4/c1-21(2,3)9-11-27-19(25)18-13-15-7-8-16(23)14-17(15)24(18)20(26)28-12-10-22(4,5)6/h7-8,13-14H,9-12,23H2,1-6H3. The first kappa shape index (κ1) is 21.8. The van der Waals surface area contributed by atoms with Crippen LogP contribution in [0.1, 0.15) is 64.9 Å². The lowest BCUT2D eigenvalue weighted by Crippen LogP contribution is -2.22. The van der Waals surface area contributed by atoms with Gasteiger partial charge in [-0.15, -0.1) is 0 Å². The first-order valence-corrected chi connectivity index (χ1v) is 9.63. The quantitative estimate of drug-likeness (QED) is 0.559. The molecule has 2 rings (SSSR count). The van der Waals surface area contributed by atoms with Gasteiger partial charge in [-0.2, -0.15) is 0 Å². The van der Waals surface area contributed by atoms with Crippen molar-refractivity contribution in [3.8, 4) is 0 Å². The Labute approximate surface area is 167 Å². The van der Waals surface area contributed by atoms with E-state index >= 15 is 0 Å². The molecule has 0 spiro atoms. The van der Waals surface area contributed by atoms with Crippen LogP contribution in [0.2, 0.25) is 0 Å². The predicted octanol–water partition coefficient (Wildman–Crippen LogP) is 5.24. The summed E-state index contributed by atoms with van der Waals surface area (Å²) in [5.74, 6) is -0.549. The summed E-state index contributed by atoms with van der Waals surface area (Å²) in [5, 5.41) is 0.727. The van der Waals surface area contributed by atoms with Crippen LogP contribution in [-0.2, 0) is 9.47 Å². The van der Waals surface area contributed by atoms with Crippen molar-refractivity contribution in [3.63, 3.8) is 0 Å². The Bertz CT molecular complexity index is 854. The molecule has 1 aromatic heterocycles. The van der Waals surface area contributed by atoms with E-state index in [1.807, 2.05) is 0 Å². The van der Waals surface area contributed by atoms with Crippen molar-refractivity contribution >= 4 is 28.7 Å². The fourth-order valence-electron chi connectivity index (χ4n) is 2.60. The van der Waals surface area contributed by atoms with Crippen LogP contribution in [0, 0.1) is 10.8 Å². The smallest absolute Gasteiger partial charge is 0.419 e. The number of rotatable bonds is 5. The zero-order chi connectivity index (χ0) is 21.1. The lowest BCUT2D eigenvalue weighted by Gasteiger charge is -2.18. The molecule has 0 bridgehead atoms. The number of aromatic nitrogens is 1. The number of anilines is 1. The van der Waals surface area contributed by atoms with Crippen molar-refractivity contribution in [2.45, 2.75) is 54.4 Å². The number of hydrogen-bond acceptors (Lipinski definition) is 5. The molecular weight excluding hydrogens is 356 g/mol. The number of esters is 1. The molecule has 154 valence electrons. The van der Waals surface area contributed by atoms with E-state index in [9.17, 15) is 9.59 Å². The maximum atomic E-state index is 12.8. The van der Waals surface area contributed by atoms with Crippen molar-refractivity contribution in [3.05, 3.63) is 30.0 Å². The molecule has 0 unspecified atom stereocenters. The van der Waals surface area contributed by atoms with E-state index in [0.717, 1.165) is 11.8 Å². The molecule has 1 heterocycles. The Kier molecular flexibility index (Phi) is 6.42. The fourth-order valence-corrected chi connectivity index (χ4v) is 2.60. The van der Waals surface area contributed by atoms with Crippen LogP contribution in [0.25, 0.3) is 10.9 Å².